The maximum atomic E-state index is 13.1. The lowest BCUT2D eigenvalue weighted by molar-refractivity contribution is -0.384. The van der Waals surface area contributed by atoms with Crippen molar-refractivity contribution in [3.8, 4) is 0 Å². The zero-order valence-electron chi connectivity index (χ0n) is 12.9. The first-order chi connectivity index (χ1) is 9.77. The van der Waals surface area contributed by atoms with Crippen molar-refractivity contribution in [2.24, 2.45) is 11.3 Å². The van der Waals surface area contributed by atoms with E-state index in [0.29, 0.717) is 17.0 Å². The molecule has 1 N–H and O–H groups in total. The highest BCUT2D eigenvalue weighted by Gasteiger charge is 2.30. The molecule has 0 spiro atoms. The van der Waals surface area contributed by atoms with Crippen molar-refractivity contribution < 1.29 is 9.31 Å². The minimum atomic E-state index is -0.580. The molecule has 1 aromatic rings. The van der Waals surface area contributed by atoms with Crippen LogP contribution < -0.4 is 5.32 Å². The lowest BCUT2D eigenvalue weighted by Crippen LogP contribution is -2.31. The molecule has 0 atom stereocenters. The van der Waals surface area contributed by atoms with Gasteiger partial charge in [0.1, 0.15) is 11.5 Å². The van der Waals surface area contributed by atoms with Crippen LogP contribution in [0.4, 0.5) is 15.8 Å². The molecule has 1 fully saturated rings. The van der Waals surface area contributed by atoms with Crippen molar-refractivity contribution in [1.29, 1.82) is 0 Å². The average Bonchev–Trinajstić information content (AvgIpc) is 2.40. The van der Waals surface area contributed by atoms with E-state index in [-0.39, 0.29) is 11.7 Å². The van der Waals surface area contributed by atoms with E-state index in [1.807, 2.05) is 0 Å². The molecule has 0 heterocycles. The summed E-state index contributed by atoms with van der Waals surface area (Å²) in [5.41, 5.74) is 0.542. The third kappa shape index (κ3) is 3.93. The molecule has 0 aromatic heterocycles. The standard InChI is InChI=1S/C16H23FN2O2/c1-16(2,3)11-4-7-13(8-5-11)18-14-9-6-12(17)10-15(14)19(20)21/h6,9-11,13,18H,4-5,7-8H2,1-3H3. The van der Waals surface area contributed by atoms with Gasteiger partial charge in [-0.2, -0.15) is 0 Å². The molecule has 21 heavy (non-hydrogen) atoms. The van der Waals surface area contributed by atoms with Crippen LogP contribution in [0.25, 0.3) is 0 Å². The molecule has 0 radical (unpaired) electrons. The topological polar surface area (TPSA) is 55.2 Å². The molecule has 5 heteroatoms. The molecule has 0 bridgehead atoms. The van der Waals surface area contributed by atoms with E-state index in [0.717, 1.165) is 31.7 Å². The summed E-state index contributed by atoms with van der Waals surface area (Å²) >= 11 is 0. The highest BCUT2D eigenvalue weighted by Crippen LogP contribution is 2.39. The molecule has 4 nitrogen and oxygen atoms in total. The molecule has 0 unspecified atom stereocenters. The van der Waals surface area contributed by atoms with Gasteiger partial charge in [0.15, 0.2) is 0 Å². The van der Waals surface area contributed by atoms with Crippen LogP contribution >= 0.6 is 0 Å². The smallest absolute Gasteiger partial charge is 0.295 e. The van der Waals surface area contributed by atoms with Gasteiger partial charge in [-0.25, -0.2) is 4.39 Å². The van der Waals surface area contributed by atoms with Crippen molar-refractivity contribution in [3.05, 3.63) is 34.1 Å². The number of hydrogen-bond acceptors (Lipinski definition) is 3. The summed E-state index contributed by atoms with van der Waals surface area (Å²) in [5.74, 6) is 0.113. The summed E-state index contributed by atoms with van der Waals surface area (Å²) in [6.07, 6.45) is 4.24. The van der Waals surface area contributed by atoms with Crippen molar-refractivity contribution in [1.82, 2.24) is 0 Å². The van der Waals surface area contributed by atoms with Crippen LogP contribution in [0, 0.1) is 27.3 Å². The molecule has 2 rings (SSSR count). The summed E-state index contributed by atoms with van der Waals surface area (Å²) in [5, 5.41) is 14.2. The van der Waals surface area contributed by atoms with Crippen LogP contribution in [0.2, 0.25) is 0 Å². The van der Waals surface area contributed by atoms with Crippen molar-refractivity contribution in [2.45, 2.75) is 52.5 Å². The summed E-state index contributed by atoms with van der Waals surface area (Å²) in [6.45, 7) is 6.78. The maximum Gasteiger partial charge on any atom is 0.295 e. The Morgan fingerprint density at radius 1 is 1.24 bits per heavy atom. The number of rotatable bonds is 3. The molecule has 0 aliphatic heterocycles. The quantitative estimate of drug-likeness (QED) is 0.646. The first kappa shape index (κ1) is 15.7. The van der Waals surface area contributed by atoms with E-state index in [2.05, 4.69) is 26.1 Å². The lowest BCUT2D eigenvalue weighted by Gasteiger charge is -2.37. The second-order valence-corrected chi connectivity index (χ2v) is 6.98. The predicted octanol–water partition coefficient (Wildman–Crippen LogP) is 4.75. The Bertz CT molecular complexity index is 517. The van der Waals surface area contributed by atoms with E-state index < -0.39 is 10.7 Å². The van der Waals surface area contributed by atoms with E-state index in [9.17, 15) is 14.5 Å². The largest absolute Gasteiger partial charge is 0.377 e. The zero-order chi connectivity index (χ0) is 15.6. The molecule has 0 amide bonds. The Morgan fingerprint density at radius 3 is 2.38 bits per heavy atom. The van der Waals surface area contributed by atoms with Crippen LogP contribution in [0.5, 0.6) is 0 Å². The summed E-state index contributed by atoms with van der Waals surface area (Å²) in [6, 6.07) is 3.93. The number of nitro groups is 1. The van der Waals surface area contributed by atoms with E-state index >= 15 is 0 Å². The van der Waals surface area contributed by atoms with Crippen LogP contribution in [0.3, 0.4) is 0 Å². The Kier molecular flexibility index (Phi) is 4.49. The van der Waals surface area contributed by atoms with Crippen LogP contribution in [0.15, 0.2) is 18.2 Å². The Hall–Kier alpha value is -1.65. The fourth-order valence-corrected chi connectivity index (χ4v) is 3.10. The van der Waals surface area contributed by atoms with Gasteiger partial charge in [-0.15, -0.1) is 0 Å². The van der Waals surface area contributed by atoms with Gasteiger partial charge >= 0.3 is 0 Å². The van der Waals surface area contributed by atoms with Gasteiger partial charge in [0.2, 0.25) is 0 Å². The third-order valence-corrected chi connectivity index (χ3v) is 4.47. The molecule has 1 aliphatic carbocycles. The second-order valence-electron chi connectivity index (χ2n) is 6.98. The van der Waals surface area contributed by atoms with Gasteiger partial charge < -0.3 is 5.32 Å². The lowest BCUT2D eigenvalue weighted by atomic mass is 9.71. The van der Waals surface area contributed by atoms with E-state index in [1.54, 1.807) is 0 Å². The minimum Gasteiger partial charge on any atom is -0.377 e. The van der Waals surface area contributed by atoms with Gasteiger partial charge in [-0.3, -0.25) is 10.1 Å². The van der Waals surface area contributed by atoms with Gasteiger partial charge in [0, 0.05) is 6.04 Å². The summed E-state index contributed by atoms with van der Waals surface area (Å²) in [7, 11) is 0. The fourth-order valence-electron chi connectivity index (χ4n) is 3.10. The van der Waals surface area contributed by atoms with Crippen molar-refractivity contribution in [2.75, 3.05) is 5.32 Å². The number of nitrogens with zero attached hydrogens (tertiary/aromatic N) is 1. The zero-order valence-corrected chi connectivity index (χ0v) is 12.9. The number of nitro benzene ring substituents is 1. The van der Waals surface area contributed by atoms with Gasteiger partial charge in [0.25, 0.3) is 5.69 Å². The Balaban J connectivity index is 2.03. The number of benzene rings is 1. The first-order valence-electron chi connectivity index (χ1n) is 7.48. The van der Waals surface area contributed by atoms with Crippen LogP contribution in [0.1, 0.15) is 46.5 Å². The highest BCUT2D eigenvalue weighted by atomic mass is 19.1. The van der Waals surface area contributed by atoms with Gasteiger partial charge in [-0.05, 0) is 49.1 Å². The molecular weight excluding hydrogens is 271 g/mol. The molecule has 0 saturated heterocycles. The second kappa shape index (κ2) is 6.00. The molecule has 1 saturated carbocycles. The first-order valence-corrected chi connectivity index (χ1v) is 7.48. The van der Waals surface area contributed by atoms with Crippen LogP contribution in [-0.4, -0.2) is 11.0 Å². The van der Waals surface area contributed by atoms with Crippen molar-refractivity contribution in [3.63, 3.8) is 0 Å². The molecule has 116 valence electrons. The van der Waals surface area contributed by atoms with E-state index in [4.69, 9.17) is 0 Å². The molecular formula is C16H23FN2O2. The number of hydrogen-bond donors (Lipinski definition) is 1. The average molecular weight is 294 g/mol. The monoisotopic (exact) mass is 294 g/mol. The van der Waals surface area contributed by atoms with Gasteiger partial charge in [-0.1, -0.05) is 20.8 Å². The number of anilines is 1. The van der Waals surface area contributed by atoms with Gasteiger partial charge in [0.05, 0.1) is 11.0 Å². The summed E-state index contributed by atoms with van der Waals surface area (Å²) in [4.78, 5) is 10.5. The highest BCUT2D eigenvalue weighted by molar-refractivity contribution is 5.61. The number of halogens is 1. The number of nitrogens with one attached hydrogen (secondary N) is 1. The predicted molar refractivity (Wildman–Crippen MR) is 81.9 cm³/mol. The fraction of sp³-hybridized carbons (Fsp3) is 0.625. The normalized spacial score (nSPS) is 22.9. The maximum absolute atomic E-state index is 13.1. The molecule has 1 aliphatic rings. The Morgan fingerprint density at radius 2 is 1.86 bits per heavy atom. The molecule has 1 aromatic carbocycles. The van der Waals surface area contributed by atoms with E-state index in [1.165, 1.54) is 12.1 Å². The SMILES string of the molecule is CC(C)(C)C1CCC(Nc2ccc(F)cc2[N+](=O)[O-])CC1. The third-order valence-electron chi connectivity index (χ3n) is 4.47. The Labute approximate surface area is 124 Å². The minimum absolute atomic E-state index is 0.187. The van der Waals surface area contributed by atoms with Crippen molar-refractivity contribution >= 4 is 11.4 Å². The summed E-state index contributed by atoms with van der Waals surface area (Å²) < 4.78 is 13.1. The van der Waals surface area contributed by atoms with Crippen LogP contribution in [-0.2, 0) is 0 Å².